The summed E-state index contributed by atoms with van der Waals surface area (Å²) in [6.45, 7) is 4.21. The van der Waals surface area contributed by atoms with Crippen LogP contribution in [0.4, 0.5) is 0 Å². The Labute approximate surface area is 128 Å². The number of ether oxygens (including phenoxy) is 1. The minimum Gasteiger partial charge on any atom is -0.781 e. The Morgan fingerprint density at radius 1 is 1.06 bits per heavy atom. The molecule has 0 unspecified atom stereocenters. The molecule has 0 aliphatic carbocycles. The summed E-state index contributed by atoms with van der Waals surface area (Å²) in [5, 5.41) is 0. The summed E-state index contributed by atoms with van der Waals surface area (Å²) in [5.74, 6) is 1.12. The molecule has 1 nitrogen and oxygen atoms in total. The normalized spacial score (nSPS) is 8.50. The monoisotopic (exact) mass is 364 g/mol. The van der Waals surface area contributed by atoms with Gasteiger partial charge in [0.15, 0.2) is 0 Å². The molecule has 2 radical (unpaired) electrons. The van der Waals surface area contributed by atoms with Gasteiger partial charge >= 0.3 is 23.9 Å². The molecule has 0 N–H and O–H groups in total. The van der Waals surface area contributed by atoms with Gasteiger partial charge in [0.2, 0.25) is 0 Å². The molecule has 0 fully saturated rings. The zero-order valence-electron chi connectivity index (χ0n) is 8.46. The molecule has 0 spiro atoms. The molecule has 16 heavy (non-hydrogen) atoms. The Kier molecular flexibility index (Phi) is 12.5. The topological polar surface area (TPSA) is 9.23 Å². The van der Waals surface area contributed by atoms with Gasteiger partial charge in [-0.3, -0.25) is 0 Å². The molecule has 1 aromatic rings. The van der Waals surface area contributed by atoms with Crippen LogP contribution in [0.1, 0.15) is 40.2 Å². The van der Waals surface area contributed by atoms with Gasteiger partial charge in [-0.2, -0.15) is 9.79 Å². The fourth-order valence-corrected chi connectivity index (χ4v) is 1.85. The van der Waals surface area contributed by atoms with E-state index in [2.05, 4.69) is 13.8 Å². The van der Waals surface area contributed by atoms with E-state index in [0.29, 0.717) is 16.6 Å². The van der Waals surface area contributed by atoms with Crippen LogP contribution in [0.3, 0.4) is 0 Å². The van der Waals surface area contributed by atoms with E-state index < -0.39 is 0 Å². The average Bonchev–Trinajstić information content (AvgIpc) is 2.09. The third-order valence-electron chi connectivity index (χ3n) is 1.95. The first-order valence-corrected chi connectivity index (χ1v) is 4.94. The Balaban J connectivity index is -0.000000563. The van der Waals surface area contributed by atoms with Crippen molar-refractivity contribution >= 4 is 49.2 Å². The fourth-order valence-electron chi connectivity index (χ4n) is 1.18. The standard InChI is InChI=1S/C10H14OS2.2CH4.Sn/c1-6(2)7-4-5-8(11-3)10(13)9(7)12;;;/h4-6,12-13H,1-3H3;2*1H4;/q;;;+2/p-2. The molecular formula is C12H20OS2Sn. The third-order valence-corrected chi connectivity index (χ3v) is 2.92. The van der Waals surface area contributed by atoms with E-state index in [4.69, 9.17) is 30.0 Å². The maximum absolute atomic E-state index is 5.24. The Morgan fingerprint density at radius 3 is 1.94 bits per heavy atom. The molecular weight excluding hydrogens is 343 g/mol. The molecule has 0 aromatic heterocycles. The molecule has 90 valence electrons. The Morgan fingerprint density at radius 2 is 1.56 bits per heavy atom. The summed E-state index contributed by atoms with van der Waals surface area (Å²) in [6.07, 6.45) is 0. The number of methoxy groups -OCH3 is 1. The van der Waals surface area contributed by atoms with Gasteiger partial charge in [0.25, 0.3) is 0 Å². The van der Waals surface area contributed by atoms with Crippen LogP contribution in [0.2, 0.25) is 0 Å². The third kappa shape index (κ3) is 4.63. The molecule has 0 bridgehead atoms. The van der Waals surface area contributed by atoms with Gasteiger partial charge in [0.1, 0.15) is 0 Å². The predicted molar refractivity (Wildman–Crippen MR) is 77.6 cm³/mol. The van der Waals surface area contributed by atoms with Gasteiger partial charge in [-0.1, -0.05) is 40.3 Å². The number of hydrogen-bond donors (Lipinski definition) is 0. The summed E-state index contributed by atoms with van der Waals surface area (Å²) in [7, 11) is 1.61. The van der Waals surface area contributed by atoms with Crippen LogP contribution >= 0.6 is 0 Å². The summed E-state index contributed by atoms with van der Waals surface area (Å²) in [5.41, 5.74) is 1.13. The van der Waals surface area contributed by atoms with E-state index in [1.807, 2.05) is 12.1 Å². The van der Waals surface area contributed by atoms with Crippen LogP contribution in [0.25, 0.3) is 0 Å². The summed E-state index contributed by atoms with van der Waals surface area (Å²) < 4.78 is 5.09. The van der Waals surface area contributed by atoms with Crippen molar-refractivity contribution in [1.82, 2.24) is 0 Å². The van der Waals surface area contributed by atoms with E-state index in [1.54, 1.807) is 7.11 Å². The molecule has 0 atom stereocenters. The van der Waals surface area contributed by atoms with E-state index in [0.717, 1.165) is 10.5 Å². The van der Waals surface area contributed by atoms with Crippen molar-refractivity contribution in [2.75, 3.05) is 7.11 Å². The van der Waals surface area contributed by atoms with E-state index in [-0.39, 0.29) is 38.8 Å². The van der Waals surface area contributed by atoms with Gasteiger partial charge in [-0.15, -0.1) is 0 Å². The van der Waals surface area contributed by atoms with Crippen LogP contribution in [0.15, 0.2) is 21.9 Å². The molecule has 1 rings (SSSR count). The van der Waals surface area contributed by atoms with Gasteiger partial charge in [0, 0.05) is 0 Å². The Hall–Kier alpha value is 0.259. The number of benzene rings is 1. The van der Waals surface area contributed by atoms with Crippen LogP contribution in [0, 0.1) is 0 Å². The van der Waals surface area contributed by atoms with Crippen molar-refractivity contribution in [1.29, 1.82) is 0 Å². The van der Waals surface area contributed by atoms with Crippen molar-refractivity contribution in [2.24, 2.45) is 0 Å². The first kappa shape index (κ1) is 21.5. The molecule has 1 aromatic carbocycles. The SMILES string of the molecule is C.C.COc1ccc(C(C)C)c([S-])c1[S-].[Sn+2]. The molecule has 0 aliphatic rings. The van der Waals surface area contributed by atoms with Gasteiger partial charge in [0.05, 0.1) is 12.9 Å². The van der Waals surface area contributed by atoms with Gasteiger partial charge in [-0.05, 0) is 12.0 Å². The molecule has 0 saturated carbocycles. The molecule has 0 heterocycles. The fraction of sp³-hybridized carbons (Fsp3) is 0.500. The van der Waals surface area contributed by atoms with Crippen LogP contribution < -0.4 is 4.74 Å². The zero-order valence-corrected chi connectivity index (χ0v) is 12.9. The molecule has 0 amide bonds. The van der Waals surface area contributed by atoms with E-state index in [9.17, 15) is 0 Å². The van der Waals surface area contributed by atoms with Crippen molar-refractivity contribution < 1.29 is 4.74 Å². The van der Waals surface area contributed by atoms with Crippen LogP contribution in [-0.4, -0.2) is 31.0 Å². The van der Waals surface area contributed by atoms with Gasteiger partial charge < -0.3 is 30.0 Å². The summed E-state index contributed by atoms with van der Waals surface area (Å²) >= 11 is 10.4. The summed E-state index contributed by atoms with van der Waals surface area (Å²) in [6, 6.07) is 3.87. The molecule has 0 saturated heterocycles. The minimum atomic E-state index is 0. The second-order valence-electron chi connectivity index (χ2n) is 3.17. The summed E-state index contributed by atoms with van der Waals surface area (Å²) in [4.78, 5) is 1.41. The first-order chi connectivity index (χ1) is 6.07. The van der Waals surface area contributed by atoms with E-state index in [1.165, 1.54) is 0 Å². The van der Waals surface area contributed by atoms with Crippen LogP contribution in [0.5, 0.6) is 5.75 Å². The maximum atomic E-state index is 5.24. The maximum Gasteiger partial charge on any atom is 2.00 e. The number of rotatable bonds is 2. The van der Waals surface area contributed by atoms with Crippen LogP contribution in [-0.2, 0) is 25.3 Å². The van der Waals surface area contributed by atoms with Crippen molar-refractivity contribution in [3.8, 4) is 5.75 Å². The predicted octanol–water partition coefficient (Wildman–Crippen LogP) is 3.52. The average molecular weight is 363 g/mol. The first-order valence-electron chi connectivity index (χ1n) is 4.12. The van der Waals surface area contributed by atoms with E-state index >= 15 is 0 Å². The zero-order chi connectivity index (χ0) is 10.0. The minimum absolute atomic E-state index is 0. The molecule has 0 aliphatic heterocycles. The number of hydrogen-bond acceptors (Lipinski definition) is 3. The largest absolute Gasteiger partial charge is 2.00 e. The Bertz CT molecular complexity index is 314. The van der Waals surface area contributed by atoms with Gasteiger partial charge in [-0.25, -0.2) is 0 Å². The second-order valence-corrected chi connectivity index (χ2v) is 3.99. The quantitative estimate of drug-likeness (QED) is 0.588. The van der Waals surface area contributed by atoms with Crippen molar-refractivity contribution in [2.45, 2.75) is 44.4 Å². The van der Waals surface area contributed by atoms with Crippen molar-refractivity contribution in [3.63, 3.8) is 0 Å². The molecule has 4 heteroatoms. The second kappa shape index (κ2) is 9.31. The smallest absolute Gasteiger partial charge is 0.781 e. The van der Waals surface area contributed by atoms with Crippen molar-refractivity contribution in [3.05, 3.63) is 17.7 Å².